The van der Waals surface area contributed by atoms with Crippen molar-refractivity contribution in [2.75, 3.05) is 12.3 Å². The van der Waals surface area contributed by atoms with Crippen molar-refractivity contribution >= 4 is 11.8 Å². The van der Waals surface area contributed by atoms with E-state index in [9.17, 15) is 5.26 Å². The molecule has 90 valence electrons. The van der Waals surface area contributed by atoms with Gasteiger partial charge in [0.15, 0.2) is 0 Å². The number of rotatable bonds is 1. The van der Waals surface area contributed by atoms with Gasteiger partial charge in [-0.3, -0.25) is 4.90 Å². The van der Waals surface area contributed by atoms with Gasteiger partial charge in [-0.1, -0.05) is 19.8 Å². The lowest BCUT2D eigenvalue weighted by molar-refractivity contribution is 0.0913. The Kier molecular flexibility index (Phi) is 4.16. The Morgan fingerprint density at radius 1 is 1.25 bits per heavy atom. The predicted molar refractivity (Wildman–Crippen MR) is 69.4 cm³/mol. The molecule has 0 amide bonds. The summed E-state index contributed by atoms with van der Waals surface area (Å²) in [5.74, 6) is 1.52. The average molecular weight is 238 g/mol. The molecule has 2 fully saturated rings. The Balaban J connectivity index is 2.06. The van der Waals surface area contributed by atoms with Gasteiger partial charge in [0.2, 0.25) is 0 Å². The van der Waals surface area contributed by atoms with Gasteiger partial charge in [0.25, 0.3) is 0 Å². The molecule has 1 saturated carbocycles. The molecule has 2 aliphatic rings. The lowest BCUT2D eigenvalue weighted by Crippen LogP contribution is -2.53. The molecular weight excluding hydrogens is 216 g/mol. The fraction of sp³-hybridized carbons (Fsp3) is 0.923. The molecule has 0 bridgehead atoms. The van der Waals surface area contributed by atoms with E-state index >= 15 is 0 Å². The standard InChI is InChI=1S/C13H22N2S/c1-10-11(2)16-8-7-15(10)13-6-4-3-5-12(13)9-14/h10-13H,3-8H2,1-2H3. The van der Waals surface area contributed by atoms with E-state index in [4.69, 9.17) is 0 Å². The smallest absolute Gasteiger partial charge is 0.0672 e. The van der Waals surface area contributed by atoms with Crippen LogP contribution < -0.4 is 0 Å². The maximum absolute atomic E-state index is 9.26. The fourth-order valence-corrected chi connectivity index (χ4v) is 4.21. The second kappa shape index (κ2) is 5.42. The molecule has 16 heavy (non-hydrogen) atoms. The van der Waals surface area contributed by atoms with Crippen molar-refractivity contribution in [2.45, 2.75) is 56.9 Å². The van der Waals surface area contributed by atoms with Gasteiger partial charge in [-0.2, -0.15) is 17.0 Å². The summed E-state index contributed by atoms with van der Waals surface area (Å²) in [6.07, 6.45) is 4.92. The summed E-state index contributed by atoms with van der Waals surface area (Å²) in [6.45, 7) is 5.84. The third kappa shape index (κ3) is 2.38. The Labute approximate surface area is 103 Å². The predicted octanol–water partition coefficient (Wildman–Crippen LogP) is 2.89. The zero-order valence-corrected chi connectivity index (χ0v) is 11.2. The molecule has 1 aliphatic heterocycles. The Morgan fingerprint density at radius 2 is 2.00 bits per heavy atom. The van der Waals surface area contributed by atoms with Gasteiger partial charge in [-0.15, -0.1) is 0 Å². The van der Waals surface area contributed by atoms with Crippen LogP contribution in [-0.2, 0) is 0 Å². The van der Waals surface area contributed by atoms with E-state index < -0.39 is 0 Å². The second-order valence-corrected chi connectivity index (χ2v) is 6.63. The van der Waals surface area contributed by atoms with Crippen LogP contribution in [0.15, 0.2) is 0 Å². The highest BCUT2D eigenvalue weighted by atomic mass is 32.2. The van der Waals surface area contributed by atoms with Crippen molar-refractivity contribution in [3.05, 3.63) is 0 Å². The molecule has 0 aromatic rings. The number of thioether (sulfide) groups is 1. The maximum Gasteiger partial charge on any atom is 0.0672 e. The molecule has 0 aromatic carbocycles. The summed E-state index contributed by atoms with van der Waals surface area (Å²) >= 11 is 2.08. The highest BCUT2D eigenvalue weighted by Crippen LogP contribution is 2.34. The molecule has 1 aliphatic carbocycles. The molecule has 2 nitrogen and oxygen atoms in total. The van der Waals surface area contributed by atoms with E-state index in [-0.39, 0.29) is 5.92 Å². The van der Waals surface area contributed by atoms with Crippen LogP contribution in [0.5, 0.6) is 0 Å². The summed E-state index contributed by atoms with van der Waals surface area (Å²) in [5.41, 5.74) is 0. The van der Waals surface area contributed by atoms with Crippen LogP contribution in [0, 0.1) is 17.2 Å². The van der Waals surface area contributed by atoms with Crippen molar-refractivity contribution in [1.29, 1.82) is 5.26 Å². The molecule has 0 radical (unpaired) electrons. The number of hydrogen-bond donors (Lipinski definition) is 0. The lowest BCUT2D eigenvalue weighted by Gasteiger charge is -2.45. The van der Waals surface area contributed by atoms with Crippen molar-refractivity contribution in [3.63, 3.8) is 0 Å². The van der Waals surface area contributed by atoms with E-state index in [0.29, 0.717) is 12.1 Å². The maximum atomic E-state index is 9.26. The van der Waals surface area contributed by atoms with Gasteiger partial charge in [-0.05, 0) is 19.8 Å². The van der Waals surface area contributed by atoms with Gasteiger partial charge in [0, 0.05) is 29.6 Å². The summed E-state index contributed by atoms with van der Waals surface area (Å²) < 4.78 is 0. The fourth-order valence-electron chi connectivity index (χ4n) is 3.08. The number of hydrogen-bond acceptors (Lipinski definition) is 3. The first-order valence-electron chi connectivity index (χ1n) is 6.51. The molecule has 0 N–H and O–H groups in total. The molecule has 0 spiro atoms. The second-order valence-electron chi connectivity index (χ2n) is 5.14. The van der Waals surface area contributed by atoms with Crippen LogP contribution in [0.3, 0.4) is 0 Å². The SMILES string of the molecule is CC1SCCN(C2CCCCC2C#N)C1C. The van der Waals surface area contributed by atoms with Crippen LogP contribution in [0.2, 0.25) is 0 Å². The minimum Gasteiger partial charge on any atom is -0.294 e. The van der Waals surface area contributed by atoms with Gasteiger partial charge < -0.3 is 0 Å². The molecular formula is C13H22N2S. The monoisotopic (exact) mass is 238 g/mol. The summed E-state index contributed by atoms with van der Waals surface area (Å²) in [4.78, 5) is 2.62. The van der Waals surface area contributed by atoms with E-state index in [1.807, 2.05) is 0 Å². The summed E-state index contributed by atoms with van der Waals surface area (Å²) in [6, 6.07) is 3.71. The summed E-state index contributed by atoms with van der Waals surface area (Å²) in [7, 11) is 0. The van der Waals surface area contributed by atoms with Crippen LogP contribution >= 0.6 is 11.8 Å². The van der Waals surface area contributed by atoms with E-state index in [2.05, 4.69) is 36.6 Å². The highest BCUT2D eigenvalue weighted by molar-refractivity contribution is 8.00. The molecule has 3 heteroatoms. The highest BCUT2D eigenvalue weighted by Gasteiger charge is 2.36. The number of nitrogens with zero attached hydrogens (tertiary/aromatic N) is 2. The Morgan fingerprint density at radius 3 is 2.75 bits per heavy atom. The molecule has 0 aromatic heterocycles. The quantitative estimate of drug-likeness (QED) is 0.703. The first-order chi connectivity index (χ1) is 7.74. The number of nitriles is 1. The molecule has 1 saturated heterocycles. The largest absolute Gasteiger partial charge is 0.294 e. The van der Waals surface area contributed by atoms with Crippen molar-refractivity contribution in [1.82, 2.24) is 4.90 Å². The van der Waals surface area contributed by atoms with Crippen LogP contribution in [0.25, 0.3) is 0 Å². The molecule has 2 rings (SSSR count). The van der Waals surface area contributed by atoms with Gasteiger partial charge in [0.05, 0.1) is 12.0 Å². The van der Waals surface area contributed by atoms with Crippen molar-refractivity contribution in [2.24, 2.45) is 5.92 Å². The Bertz CT molecular complexity index is 274. The normalized spacial score (nSPS) is 41.6. The third-order valence-electron chi connectivity index (χ3n) is 4.25. The Hall–Kier alpha value is -0.200. The molecule has 4 unspecified atom stereocenters. The molecule has 1 heterocycles. The minimum absolute atomic E-state index is 0.284. The zero-order chi connectivity index (χ0) is 11.5. The minimum atomic E-state index is 0.284. The van der Waals surface area contributed by atoms with Gasteiger partial charge >= 0.3 is 0 Å². The third-order valence-corrected chi connectivity index (χ3v) is 5.59. The van der Waals surface area contributed by atoms with Crippen LogP contribution in [-0.4, -0.2) is 34.5 Å². The lowest BCUT2D eigenvalue weighted by atomic mass is 9.83. The first-order valence-corrected chi connectivity index (χ1v) is 7.56. The zero-order valence-electron chi connectivity index (χ0n) is 10.4. The van der Waals surface area contributed by atoms with Gasteiger partial charge in [-0.25, -0.2) is 0 Å². The van der Waals surface area contributed by atoms with Crippen LogP contribution in [0.1, 0.15) is 39.5 Å². The average Bonchev–Trinajstić information content (AvgIpc) is 2.33. The first kappa shape index (κ1) is 12.3. The topological polar surface area (TPSA) is 27.0 Å². The van der Waals surface area contributed by atoms with Crippen molar-refractivity contribution < 1.29 is 0 Å². The van der Waals surface area contributed by atoms with E-state index in [1.54, 1.807) is 0 Å². The molecule has 4 atom stereocenters. The summed E-state index contributed by atoms with van der Waals surface area (Å²) in [5, 5.41) is 9.98. The van der Waals surface area contributed by atoms with E-state index in [0.717, 1.165) is 11.7 Å². The van der Waals surface area contributed by atoms with Gasteiger partial charge in [0.1, 0.15) is 0 Å². The van der Waals surface area contributed by atoms with E-state index in [1.165, 1.54) is 31.6 Å². The van der Waals surface area contributed by atoms with Crippen molar-refractivity contribution in [3.8, 4) is 6.07 Å². The van der Waals surface area contributed by atoms with Crippen LogP contribution in [0.4, 0.5) is 0 Å².